The van der Waals surface area contributed by atoms with Crippen LogP contribution in [0.25, 0.3) is 11.4 Å². The van der Waals surface area contributed by atoms with Crippen molar-refractivity contribution in [3.8, 4) is 17.1 Å². The van der Waals surface area contributed by atoms with Crippen LogP contribution < -0.4 is 10.1 Å². The summed E-state index contributed by atoms with van der Waals surface area (Å²) in [5.41, 5.74) is 0.456. The molecule has 2 rings (SSSR count). The maximum Gasteiger partial charge on any atom is 0.228 e. The fraction of sp³-hybridized carbons (Fsp3) is 0.438. The maximum atomic E-state index is 11.8. The number of nitrogens with one attached hydrogen (secondary N) is 1. The molecule has 0 radical (unpaired) electrons. The van der Waals surface area contributed by atoms with E-state index in [9.17, 15) is 4.79 Å². The van der Waals surface area contributed by atoms with E-state index in [1.807, 2.05) is 45.0 Å². The number of nitrogens with zero attached hydrogens (tertiary/aromatic N) is 2. The van der Waals surface area contributed by atoms with E-state index in [0.29, 0.717) is 24.7 Å². The SMILES string of the molecule is COc1ccc(-c2noc(CCNC(=O)C(C)(C)C)n2)cc1. The molecule has 0 aliphatic carbocycles. The van der Waals surface area contributed by atoms with Crippen LogP contribution in [0.4, 0.5) is 0 Å². The standard InChI is InChI=1S/C16H21N3O3/c1-16(2,3)15(20)17-10-9-13-18-14(19-22-13)11-5-7-12(21-4)8-6-11/h5-8H,9-10H2,1-4H3,(H,17,20). The second-order valence-corrected chi connectivity index (χ2v) is 6.00. The van der Waals surface area contributed by atoms with Gasteiger partial charge < -0.3 is 14.6 Å². The number of rotatable bonds is 5. The molecule has 0 spiro atoms. The fourth-order valence-corrected chi connectivity index (χ4v) is 1.76. The molecule has 118 valence electrons. The summed E-state index contributed by atoms with van der Waals surface area (Å²) in [6.07, 6.45) is 0.505. The van der Waals surface area contributed by atoms with Crippen molar-refractivity contribution < 1.29 is 14.1 Å². The summed E-state index contributed by atoms with van der Waals surface area (Å²) in [4.78, 5) is 16.1. The van der Waals surface area contributed by atoms with Crippen molar-refractivity contribution >= 4 is 5.91 Å². The summed E-state index contributed by atoms with van der Waals surface area (Å²) < 4.78 is 10.3. The van der Waals surface area contributed by atoms with Crippen LogP contribution in [0.15, 0.2) is 28.8 Å². The van der Waals surface area contributed by atoms with E-state index in [1.165, 1.54) is 0 Å². The predicted octanol–water partition coefficient (Wildman–Crippen LogP) is 2.45. The summed E-state index contributed by atoms with van der Waals surface area (Å²) >= 11 is 0. The summed E-state index contributed by atoms with van der Waals surface area (Å²) in [7, 11) is 1.62. The van der Waals surface area contributed by atoms with Gasteiger partial charge in [-0.1, -0.05) is 25.9 Å². The van der Waals surface area contributed by atoms with Crippen LogP contribution in [0, 0.1) is 5.41 Å². The maximum absolute atomic E-state index is 11.8. The summed E-state index contributed by atoms with van der Waals surface area (Å²) in [5.74, 6) is 1.81. The van der Waals surface area contributed by atoms with Crippen LogP contribution in [0.1, 0.15) is 26.7 Å². The molecule has 0 unspecified atom stereocenters. The van der Waals surface area contributed by atoms with E-state index in [0.717, 1.165) is 11.3 Å². The van der Waals surface area contributed by atoms with E-state index in [2.05, 4.69) is 15.5 Å². The van der Waals surface area contributed by atoms with Crippen LogP contribution >= 0.6 is 0 Å². The molecule has 6 heteroatoms. The van der Waals surface area contributed by atoms with Crippen LogP contribution in [-0.4, -0.2) is 29.7 Å². The Hall–Kier alpha value is -2.37. The zero-order valence-corrected chi connectivity index (χ0v) is 13.3. The number of hydrogen-bond acceptors (Lipinski definition) is 5. The monoisotopic (exact) mass is 303 g/mol. The van der Waals surface area contributed by atoms with E-state index in [4.69, 9.17) is 9.26 Å². The van der Waals surface area contributed by atoms with Crippen molar-refractivity contribution in [2.24, 2.45) is 5.41 Å². The zero-order valence-electron chi connectivity index (χ0n) is 13.3. The number of benzene rings is 1. The van der Waals surface area contributed by atoms with Crippen LogP contribution in [-0.2, 0) is 11.2 Å². The van der Waals surface area contributed by atoms with Crippen LogP contribution in [0.3, 0.4) is 0 Å². The van der Waals surface area contributed by atoms with Gasteiger partial charge in [-0.05, 0) is 24.3 Å². The molecule has 0 saturated carbocycles. The lowest BCUT2D eigenvalue weighted by Gasteiger charge is -2.16. The number of carbonyl (C=O) groups excluding carboxylic acids is 1. The van der Waals surface area contributed by atoms with E-state index >= 15 is 0 Å². The molecule has 1 aromatic heterocycles. The molecule has 0 fully saturated rings. The molecule has 1 heterocycles. The van der Waals surface area contributed by atoms with Gasteiger partial charge >= 0.3 is 0 Å². The highest BCUT2D eigenvalue weighted by molar-refractivity contribution is 5.81. The first-order valence-electron chi connectivity index (χ1n) is 7.15. The number of hydrogen-bond donors (Lipinski definition) is 1. The predicted molar refractivity (Wildman–Crippen MR) is 82.5 cm³/mol. The van der Waals surface area contributed by atoms with Crippen molar-refractivity contribution in [1.82, 2.24) is 15.5 Å². The van der Waals surface area contributed by atoms with E-state index < -0.39 is 5.41 Å². The first-order valence-corrected chi connectivity index (χ1v) is 7.15. The van der Waals surface area contributed by atoms with Crippen molar-refractivity contribution in [2.75, 3.05) is 13.7 Å². The van der Waals surface area contributed by atoms with Gasteiger partial charge in [0.05, 0.1) is 7.11 Å². The molecule has 22 heavy (non-hydrogen) atoms. The number of methoxy groups -OCH3 is 1. The molecule has 1 N–H and O–H groups in total. The third-order valence-electron chi connectivity index (χ3n) is 3.12. The number of ether oxygens (including phenoxy) is 1. The van der Waals surface area contributed by atoms with Crippen LogP contribution in [0.5, 0.6) is 5.75 Å². The Balaban J connectivity index is 1.92. The number of amides is 1. The Kier molecular flexibility index (Phi) is 4.80. The molecule has 2 aromatic rings. The topological polar surface area (TPSA) is 77.3 Å². The average Bonchev–Trinajstić information content (AvgIpc) is 2.95. The molecule has 1 aromatic carbocycles. The van der Waals surface area contributed by atoms with Gasteiger partial charge in [0.15, 0.2) is 0 Å². The summed E-state index contributed by atoms with van der Waals surface area (Å²) in [6, 6.07) is 7.42. The van der Waals surface area contributed by atoms with Gasteiger partial charge in [-0.2, -0.15) is 4.98 Å². The smallest absolute Gasteiger partial charge is 0.228 e. The van der Waals surface area contributed by atoms with Gasteiger partial charge in [-0.3, -0.25) is 4.79 Å². The second-order valence-electron chi connectivity index (χ2n) is 6.00. The first-order chi connectivity index (χ1) is 10.4. The third-order valence-corrected chi connectivity index (χ3v) is 3.12. The van der Waals surface area contributed by atoms with Crippen molar-refractivity contribution in [2.45, 2.75) is 27.2 Å². The quantitative estimate of drug-likeness (QED) is 0.918. The van der Waals surface area contributed by atoms with Gasteiger partial charge in [-0.25, -0.2) is 0 Å². The zero-order chi connectivity index (χ0) is 16.2. The lowest BCUT2D eigenvalue weighted by molar-refractivity contribution is -0.128. The highest BCUT2D eigenvalue weighted by Gasteiger charge is 2.20. The van der Waals surface area contributed by atoms with E-state index in [-0.39, 0.29) is 5.91 Å². The largest absolute Gasteiger partial charge is 0.497 e. The summed E-state index contributed by atoms with van der Waals surface area (Å²) in [5, 5.41) is 6.80. The van der Waals surface area contributed by atoms with Gasteiger partial charge in [0.2, 0.25) is 17.6 Å². The Morgan fingerprint density at radius 3 is 2.55 bits per heavy atom. The Morgan fingerprint density at radius 2 is 1.95 bits per heavy atom. The van der Waals surface area contributed by atoms with Crippen molar-refractivity contribution in [1.29, 1.82) is 0 Å². The molecule has 6 nitrogen and oxygen atoms in total. The Bertz CT molecular complexity index is 627. The second kappa shape index (κ2) is 6.60. The molecular weight excluding hydrogens is 282 g/mol. The van der Waals surface area contributed by atoms with Gasteiger partial charge in [0, 0.05) is 23.9 Å². The molecule has 0 aliphatic rings. The lowest BCUT2D eigenvalue weighted by Crippen LogP contribution is -2.35. The van der Waals surface area contributed by atoms with E-state index in [1.54, 1.807) is 7.11 Å². The highest BCUT2D eigenvalue weighted by Crippen LogP contribution is 2.19. The van der Waals surface area contributed by atoms with Gasteiger partial charge in [0.1, 0.15) is 5.75 Å². The van der Waals surface area contributed by atoms with Gasteiger partial charge in [0.25, 0.3) is 0 Å². The summed E-state index contributed by atoms with van der Waals surface area (Å²) in [6.45, 7) is 6.09. The first kappa shape index (κ1) is 16.0. The van der Waals surface area contributed by atoms with Crippen molar-refractivity contribution in [3.05, 3.63) is 30.2 Å². The van der Waals surface area contributed by atoms with Crippen molar-refractivity contribution in [3.63, 3.8) is 0 Å². The normalized spacial score (nSPS) is 11.3. The molecule has 0 bridgehead atoms. The third kappa shape index (κ3) is 4.07. The molecule has 0 saturated heterocycles. The highest BCUT2D eigenvalue weighted by atomic mass is 16.5. The Morgan fingerprint density at radius 1 is 1.27 bits per heavy atom. The molecular formula is C16H21N3O3. The molecule has 0 aliphatic heterocycles. The lowest BCUT2D eigenvalue weighted by atomic mass is 9.96. The minimum absolute atomic E-state index is 0.00222. The minimum atomic E-state index is -0.400. The molecule has 1 amide bonds. The van der Waals surface area contributed by atoms with Gasteiger partial charge in [-0.15, -0.1) is 0 Å². The number of carbonyl (C=O) groups is 1. The minimum Gasteiger partial charge on any atom is -0.497 e. The molecule has 0 atom stereocenters. The number of aromatic nitrogens is 2. The van der Waals surface area contributed by atoms with Crippen LogP contribution in [0.2, 0.25) is 0 Å². The average molecular weight is 303 g/mol. The Labute approximate surface area is 129 Å². The fourth-order valence-electron chi connectivity index (χ4n) is 1.76.